The van der Waals surface area contributed by atoms with Crippen molar-refractivity contribution in [1.29, 1.82) is 0 Å². The molecule has 3 aromatic heterocycles. The highest BCUT2D eigenvalue weighted by Gasteiger charge is 2.27. The summed E-state index contributed by atoms with van der Waals surface area (Å²) in [5.74, 6) is 2.11. The van der Waals surface area contributed by atoms with Gasteiger partial charge in [0.15, 0.2) is 5.82 Å². The molecule has 0 amide bonds. The summed E-state index contributed by atoms with van der Waals surface area (Å²) < 4.78 is 3.65. The summed E-state index contributed by atoms with van der Waals surface area (Å²) in [5, 5.41) is 27.0. The van der Waals surface area contributed by atoms with Gasteiger partial charge in [-0.15, -0.1) is 5.10 Å². The van der Waals surface area contributed by atoms with E-state index in [0.29, 0.717) is 17.6 Å². The maximum absolute atomic E-state index is 9.66. The molecule has 0 radical (unpaired) electrons. The van der Waals surface area contributed by atoms with Gasteiger partial charge >= 0.3 is 0 Å². The van der Waals surface area contributed by atoms with Gasteiger partial charge in [-0.3, -0.25) is 0 Å². The van der Waals surface area contributed by atoms with Crippen molar-refractivity contribution in [3.8, 4) is 11.4 Å². The Morgan fingerprint density at radius 2 is 2.03 bits per heavy atom. The van der Waals surface area contributed by atoms with Crippen LogP contribution in [-0.4, -0.2) is 53.6 Å². The molecule has 1 aliphatic heterocycles. The zero-order valence-corrected chi connectivity index (χ0v) is 15.7. The van der Waals surface area contributed by atoms with Gasteiger partial charge in [-0.25, -0.2) is 9.50 Å². The molecule has 4 heterocycles. The first kappa shape index (κ1) is 17.5. The van der Waals surface area contributed by atoms with E-state index in [1.165, 1.54) is 0 Å². The van der Waals surface area contributed by atoms with Crippen LogP contribution >= 0.6 is 0 Å². The zero-order valence-electron chi connectivity index (χ0n) is 15.7. The van der Waals surface area contributed by atoms with E-state index >= 15 is 0 Å². The molecule has 29 heavy (non-hydrogen) atoms. The molecule has 0 saturated carbocycles. The SMILES string of the molecule is OC[C@@H]1CCCN1c1nc(Nc2cn(-c3ccc(O)cc3)cn2)c2cccn2n1. The fourth-order valence-electron chi connectivity index (χ4n) is 3.70. The topological polar surface area (TPSA) is 104 Å². The van der Waals surface area contributed by atoms with Crippen LogP contribution in [0.1, 0.15) is 12.8 Å². The summed E-state index contributed by atoms with van der Waals surface area (Å²) in [5.41, 5.74) is 1.73. The monoisotopic (exact) mass is 391 g/mol. The molecule has 9 heteroatoms. The summed E-state index contributed by atoms with van der Waals surface area (Å²) in [6.07, 6.45) is 7.39. The zero-order chi connectivity index (χ0) is 19.8. The van der Waals surface area contributed by atoms with E-state index in [0.717, 1.165) is 30.6 Å². The smallest absolute Gasteiger partial charge is 0.245 e. The Kier molecular flexibility index (Phi) is 4.28. The fourth-order valence-corrected chi connectivity index (χ4v) is 3.70. The highest BCUT2D eigenvalue weighted by molar-refractivity contribution is 5.73. The number of aromatic hydroxyl groups is 1. The van der Waals surface area contributed by atoms with E-state index in [2.05, 4.69) is 20.3 Å². The molecular weight excluding hydrogens is 370 g/mol. The summed E-state index contributed by atoms with van der Waals surface area (Å²) in [7, 11) is 0. The first-order valence-corrected chi connectivity index (χ1v) is 9.54. The minimum absolute atomic E-state index is 0.0459. The number of phenols is 1. The molecule has 0 spiro atoms. The molecule has 0 aliphatic carbocycles. The summed E-state index contributed by atoms with van der Waals surface area (Å²) in [4.78, 5) is 11.2. The number of aliphatic hydroxyl groups is 1. The lowest BCUT2D eigenvalue weighted by Gasteiger charge is -2.23. The number of phenolic OH excluding ortho intramolecular Hbond substituents is 1. The first-order valence-electron chi connectivity index (χ1n) is 9.54. The van der Waals surface area contributed by atoms with Gasteiger partial charge in [-0.2, -0.15) is 4.98 Å². The molecule has 1 atom stereocenters. The maximum atomic E-state index is 9.66. The van der Waals surface area contributed by atoms with Crippen molar-refractivity contribution in [1.82, 2.24) is 24.1 Å². The Morgan fingerprint density at radius 3 is 2.86 bits per heavy atom. The highest BCUT2D eigenvalue weighted by atomic mass is 16.3. The Balaban J connectivity index is 1.47. The third kappa shape index (κ3) is 3.25. The minimum Gasteiger partial charge on any atom is -0.508 e. The number of anilines is 3. The molecule has 1 aromatic carbocycles. The normalized spacial score (nSPS) is 16.6. The quantitative estimate of drug-likeness (QED) is 0.480. The Hall–Kier alpha value is -3.59. The molecule has 3 N–H and O–H groups in total. The van der Waals surface area contributed by atoms with Gasteiger partial charge in [0.05, 0.1) is 18.8 Å². The molecule has 1 aliphatic rings. The third-order valence-corrected chi connectivity index (χ3v) is 5.20. The lowest BCUT2D eigenvalue weighted by atomic mass is 10.2. The standard InChI is InChI=1S/C20H21N7O2/c28-12-15-3-1-9-26(15)20-23-19(17-4-2-10-27(17)24-20)22-18-11-25(13-21-18)14-5-7-16(29)8-6-14/h2,4-8,10-11,13,15,28-29H,1,3,9,12H2,(H,22,23,24)/t15-/m0/s1. The minimum atomic E-state index is 0.0459. The van der Waals surface area contributed by atoms with Crippen LogP contribution in [-0.2, 0) is 0 Å². The van der Waals surface area contributed by atoms with Gasteiger partial charge < -0.3 is 25.0 Å². The van der Waals surface area contributed by atoms with E-state index < -0.39 is 0 Å². The third-order valence-electron chi connectivity index (χ3n) is 5.20. The molecule has 9 nitrogen and oxygen atoms in total. The Bertz CT molecular complexity index is 1140. The lowest BCUT2D eigenvalue weighted by Crippen LogP contribution is -2.34. The highest BCUT2D eigenvalue weighted by Crippen LogP contribution is 2.26. The summed E-state index contributed by atoms with van der Waals surface area (Å²) in [6.45, 7) is 0.916. The summed E-state index contributed by atoms with van der Waals surface area (Å²) in [6, 6.07) is 10.8. The summed E-state index contributed by atoms with van der Waals surface area (Å²) >= 11 is 0. The van der Waals surface area contributed by atoms with Gasteiger partial charge in [0.25, 0.3) is 0 Å². The molecule has 0 bridgehead atoms. The molecule has 1 saturated heterocycles. The van der Waals surface area contributed by atoms with Crippen LogP contribution in [0.5, 0.6) is 5.75 Å². The molecule has 5 rings (SSSR count). The van der Waals surface area contributed by atoms with Crippen LogP contribution in [0.3, 0.4) is 0 Å². The molecule has 0 unspecified atom stereocenters. The largest absolute Gasteiger partial charge is 0.508 e. The molecule has 4 aromatic rings. The number of benzene rings is 1. The van der Waals surface area contributed by atoms with E-state index in [4.69, 9.17) is 4.98 Å². The second kappa shape index (κ2) is 7.10. The van der Waals surface area contributed by atoms with E-state index in [-0.39, 0.29) is 18.4 Å². The number of fused-ring (bicyclic) bond motifs is 1. The van der Waals surface area contributed by atoms with Crippen molar-refractivity contribution in [3.63, 3.8) is 0 Å². The number of aromatic nitrogens is 5. The van der Waals surface area contributed by atoms with Crippen LogP contribution < -0.4 is 10.2 Å². The van der Waals surface area contributed by atoms with Gasteiger partial charge in [0.1, 0.15) is 23.4 Å². The Morgan fingerprint density at radius 1 is 1.17 bits per heavy atom. The number of aliphatic hydroxyl groups excluding tert-OH is 1. The number of imidazole rings is 1. The van der Waals surface area contributed by atoms with Crippen molar-refractivity contribution < 1.29 is 10.2 Å². The fraction of sp³-hybridized carbons (Fsp3) is 0.250. The second-order valence-electron chi connectivity index (χ2n) is 7.08. The Labute approximate surface area is 166 Å². The number of hydrogen-bond acceptors (Lipinski definition) is 7. The maximum Gasteiger partial charge on any atom is 0.245 e. The molecular formula is C20H21N7O2. The van der Waals surface area contributed by atoms with Crippen molar-refractivity contribution in [2.45, 2.75) is 18.9 Å². The van der Waals surface area contributed by atoms with Crippen LogP contribution in [0.25, 0.3) is 11.2 Å². The average molecular weight is 391 g/mol. The molecule has 148 valence electrons. The van der Waals surface area contributed by atoms with Crippen LogP contribution in [0.2, 0.25) is 0 Å². The number of nitrogens with zero attached hydrogens (tertiary/aromatic N) is 6. The van der Waals surface area contributed by atoms with Crippen molar-refractivity contribution in [3.05, 3.63) is 55.1 Å². The van der Waals surface area contributed by atoms with E-state index in [9.17, 15) is 10.2 Å². The number of hydrogen-bond donors (Lipinski definition) is 3. The van der Waals surface area contributed by atoms with E-state index in [1.54, 1.807) is 23.0 Å². The number of nitrogens with one attached hydrogen (secondary N) is 1. The van der Waals surface area contributed by atoms with Crippen LogP contribution in [0.15, 0.2) is 55.1 Å². The first-order chi connectivity index (χ1) is 14.2. The van der Waals surface area contributed by atoms with Gasteiger partial charge in [0.2, 0.25) is 5.95 Å². The van der Waals surface area contributed by atoms with Crippen LogP contribution in [0.4, 0.5) is 17.6 Å². The van der Waals surface area contributed by atoms with Crippen molar-refractivity contribution >= 4 is 23.1 Å². The lowest BCUT2D eigenvalue weighted by molar-refractivity contribution is 0.265. The predicted octanol–water partition coefficient (Wildman–Crippen LogP) is 2.33. The van der Waals surface area contributed by atoms with Gasteiger partial charge in [0, 0.05) is 18.4 Å². The second-order valence-corrected chi connectivity index (χ2v) is 7.08. The van der Waals surface area contributed by atoms with Crippen molar-refractivity contribution in [2.24, 2.45) is 0 Å². The van der Waals surface area contributed by atoms with Gasteiger partial charge in [-0.05, 0) is 49.2 Å². The van der Waals surface area contributed by atoms with Crippen molar-refractivity contribution in [2.75, 3.05) is 23.4 Å². The van der Waals surface area contributed by atoms with Crippen LogP contribution in [0, 0.1) is 0 Å². The van der Waals surface area contributed by atoms with E-state index in [1.807, 2.05) is 41.2 Å². The molecule has 1 fully saturated rings. The predicted molar refractivity (Wildman–Crippen MR) is 109 cm³/mol. The average Bonchev–Trinajstić information content (AvgIpc) is 3.48. The van der Waals surface area contributed by atoms with Gasteiger partial charge in [-0.1, -0.05) is 0 Å². The number of rotatable bonds is 5.